The fourth-order valence-electron chi connectivity index (χ4n) is 3.78. The molecule has 38 heavy (non-hydrogen) atoms. The molecule has 1 fully saturated rings. The van der Waals surface area contributed by atoms with E-state index < -0.39 is 54.7 Å². The van der Waals surface area contributed by atoms with Crippen molar-refractivity contribution in [1.82, 2.24) is 4.90 Å². The monoisotopic (exact) mass is 580 g/mol. The first-order chi connectivity index (χ1) is 17.4. The van der Waals surface area contributed by atoms with Gasteiger partial charge in [-0.15, -0.1) is 0 Å². The number of sulfone groups is 2. The first-order valence-electron chi connectivity index (χ1n) is 11.6. The van der Waals surface area contributed by atoms with Gasteiger partial charge in [0.05, 0.1) is 26.3 Å². The third kappa shape index (κ3) is 6.40. The van der Waals surface area contributed by atoms with Crippen molar-refractivity contribution < 1.29 is 43.9 Å². The van der Waals surface area contributed by atoms with Crippen molar-refractivity contribution in [2.45, 2.75) is 48.1 Å². The van der Waals surface area contributed by atoms with Crippen LogP contribution < -0.4 is 9.64 Å². The van der Waals surface area contributed by atoms with E-state index in [1.54, 1.807) is 4.90 Å². The quantitative estimate of drug-likeness (QED) is 0.461. The number of alkyl halides is 3. The predicted octanol–water partition coefficient (Wildman–Crippen LogP) is 3.70. The molecule has 1 heterocycles. The van der Waals surface area contributed by atoms with Gasteiger partial charge in [0.15, 0.2) is 25.8 Å². The molecule has 0 aliphatic carbocycles. The largest absolute Gasteiger partial charge is 0.480 e. The average molecular weight is 581 g/mol. The lowest BCUT2D eigenvalue weighted by Gasteiger charge is -2.36. The Morgan fingerprint density at radius 1 is 0.921 bits per heavy atom. The maximum atomic E-state index is 14.8. The van der Waals surface area contributed by atoms with E-state index in [9.17, 15) is 39.2 Å². The highest BCUT2D eigenvalue weighted by Gasteiger charge is 2.39. The highest BCUT2D eigenvalue weighted by molar-refractivity contribution is 7.92. The number of amides is 1. The summed E-state index contributed by atoms with van der Waals surface area (Å²) >= 11 is 0. The van der Waals surface area contributed by atoms with Gasteiger partial charge in [0, 0.05) is 32.4 Å². The second-order valence-corrected chi connectivity index (χ2v) is 13.7. The second kappa shape index (κ2) is 10.7. The molecule has 0 N–H and O–H groups in total. The Labute approximate surface area is 219 Å². The minimum Gasteiger partial charge on any atom is -0.480 e. The molecule has 2 aromatic rings. The minimum absolute atomic E-state index is 0.0433. The Morgan fingerprint density at radius 2 is 1.50 bits per heavy atom. The molecule has 1 aliphatic rings. The first-order valence-corrected chi connectivity index (χ1v) is 15.0. The normalized spacial score (nSPS) is 16.0. The number of hydrogen-bond donors (Lipinski definition) is 0. The van der Waals surface area contributed by atoms with Gasteiger partial charge in [-0.2, -0.15) is 13.2 Å². The van der Waals surface area contributed by atoms with Gasteiger partial charge >= 0.3 is 6.18 Å². The number of piperazine rings is 1. The van der Waals surface area contributed by atoms with Gasteiger partial charge in [-0.25, -0.2) is 21.2 Å². The van der Waals surface area contributed by atoms with Crippen LogP contribution in [0.15, 0.2) is 46.2 Å². The van der Waals surface area contributed by atoms with E-state index >= 15 is 0 Å². The Bertz CT molecular complexity index is 1420. The fraction of sp³-hybridized carbons (Fsp3) is 0.458. The number of benzene rings is 2. The SMILES string of the molecule is CC(Oc1ccc(S(C)(=O)=O)cc1C(=O)N1CCN(c2ccc(S(=O)(=O)C(C)C)cc2F)CC1)C(F)(F)F. The molecule has 1 amide bonds. The molecule has 0 spiro atoms. The van der Waals surface area contributed by atoms with Crippen LogP contribution in [0.25, 0.3) is 0 Å². The molecule has 2 aromatic carbocycles. The highest BCUT2D eigenvalue weighted by Crippen LogP contribution is 2.31. The van der Waals surface area contributed by atoms with Gasteiger partial charge < -0.3 is 14.5 Å². The molecule has 0 saturated carbocycles. The van der Waals surface area contributed by atoms with Crippen LogP contribution in [-0.4, -0.2) is 77.6 Å². The standard InChI is InChI=1S/C24H28F4N2O6S2/c1-15(2)38(34,35)18-5-7-21(20(25)14-18)29-9-11-30(12-10-29)23(31)19-13-17(37(4,32)33)6-8-22(19)36-16(3)24(26,27)28/h5-8,13-16H,9-12H2,1-4H3. The number of nitrogens with zero attached hydrogens (tertiary/aromatic N) is 2. The van der Waals surface area contributed by atoms with Crippen LogP contribution in [0.5, 0.6) is 5.75 Å². The van der Waals surface area contributed by atoms with E-state index in [0.29, 0.717) is 0 Å². The zero-order valence-electron chi connectivity index (χ0n) is 21.1. The number of ether oxygens (including phenoxy) is 1. The first kappa shape index (κ1) is 29.7. The van der Waals surface area contributed by atoms with E-state index in [-0.39, 0.29) is 47.2 Å². The van der Waals surface area contributed by atoms with Crippen LogP contribution in [0.2, 0.25) is 0 Å². The maximum absolute atomic E-state index is 14.8. The molecule has 3 rings (SSSR count). The molecule has 14 heteroatoms. The molecule has 1 unspecified atom stereocenters. The van der Waals surface area contributed by atoms with Crippen molar-refractivity contribution in [2.24, 2.45) is 0 Å². The molecule has 1 atom stereocenters. The summed E-state index contributed by atoms with van der Waals surface area (Å²) in [5.41, 5.74) is -0.200. The Balaban J connectivity index is 1.83. The van der Waals surface area contributed by atoms with E-state index in [4.69, 9.17) is 4.74 Å². The number of rotatable bonds is 7. The zero-order chi connectivity index (χ0) is 28.6. The van der Waals surface area contributed by atoms with Crippen LogP contribution in [0.3, 0.4) is 0 Å². The Hall–Kier alpha value is -2.87. The summed E-state index contributed by atoms with van der Waals surface area (Å²) in [4.78, 5) is 15.8. The van der Waals surface area contributed by atoms with Crippen LogP contribution in [0.1, 0.15) is 31.1 Å². The fourth-order valence-corrected chi connectivity index (χ4v) is 5.50. The van der Waals surface area contributed by atoms with Gasteiger partial charge in [-0.3, -0.25) is 4.79 Å². The Kier molecular flexibility index (Phi) is 8.37. The lowest BCUT2D eigenvalue weighted by Crippen LogP contribution is -2.49. The summed E-state index contributed by atoms with van der Waals surface area (Å²) in [7, 11) is -7.44. The summed E-state index contributed by atoms with van der Waals surface area (Å²) in [5, 5.41) is -0.725. The van der Waals surface area contributed by atoms with Crippen LogP contribution in [0.4, 0.5) is 23.2 Å². The predicted molar refractivity (Wildman–Crippen MR) is 133 cm³/mol. The number of anilines is 1. The minimum atomic E-state index is -4.71. The smallest absolute Gasteiger partial charge is 0.425 e. The maximum Gasteiger partial charge on any atom is 0.425 e. The molecular formula is C24H28F4N2O6S2. The molecule has 0 aromatic heterocycles. The van der Waals surface area contributed by atoms with E-state index in [1.807, 2.05) is 0 Å². The number of carbonyl (C=O) groups excluding carboxylic acids is 1. The van der Waals surface area contributed by atoms with Crippen LogP contribution >= 0.6 is 0 Å². The molecule has 1 saturated heterocycles. The van der Waals surface area contributed by atoms with Crippen molar-refractivity contribution in [3.8, 4) is 5.75 Å². The molecule has 210 valence electrons. The van der Waals surface area contributed by atoms with Gasteiger partial charge in [-0.05, 0) is 57.2 Å². The third-order valence-electron chi connectivity index (χ3n) is 6.15. The van der Waals surface area contributed by atoms with E-state index in [0.717, 1.165) is 37.4 Å². The van der Waals surface area contributed by atoms with E-state index in [1.165, 1.54) is 30.9 Å². The van der Waals surface area contributed by atoms with Crippen molar-refractivity contribution in [3.63, 3.8) is 0 Å². The topological polar surface area (TPSA) is 101 Å². The van der Waals surface area contributed by atoms with Gasteiger partial charge in [0.2, 0.25) is 0 Å². The molecule has 0 bridgehead atoms. The lowest BCUT2D eigenvalue weighted by atomic mass is 10.1. The van der Waals surface area contributed by atoms with Crippen molar-refractivity contribution >= 4 is 31.3 Å². The summed E-state index contributed by atoms with van der Waals surface area (Å²) in [6.07, 6.45) is -6.06. The van der Waals surface area contributed by atoms with Gasteiger partial charge in [0.1, 0.15) is 11.6 Å². The number of halogens is 4. The summed E-state index contributed by atoms with van der Waals surface area (Å²) < 4.78 is 108. The van der Waals surface area contributed by atoms with E-state index in [2.05, 4.69) is 0 Å². The molecular weight excluding hydrogens is 552 g/mol. The average Bonchev–Trinajstić information content (AvgIpc) is 2.82. The third-order valence-corrected chi connectivity index (χ3v) is 9.41. The van der Waals surface area contributed by atoms with Gasteiger partial charge in [-0.1, -0.05) is 0 Å². The summed E-state index contributed by atoms with van der Waals surface area (Å²) in [5.74, 6) is -1.90. The lowest BCUT2D eigenvalue weighted by molar-refractivity contribution is -0.189. The zero-order valence-corrected chi connectivity index (χ0v) is 22.8. The highest BCUT2D eigenvalue weighted by atomic mass is 32.2. The van der Waals surface area contributed by atoms with Crippen molar-refractivity contribution in [1.29, 1.82) is 0 Å². The number of hydrogen-bond acceptors (Lipinski definition) is 7. The summed E-state index contributed by atoms with van der Waals surface area (Å²) in [6, 6.07) is 6.68. The Morgan fingerprint density at radius 3 is 2.00 bits per heavy atom. The second-order valence-electron chi connectivity index (χ2n) is 9.22. The van der Waals surface area contributed by atoms with Crippen molar-refractivity contribution in [2.75, 3.05) is 37.3 Å². The summed E-state index contributed by atoms with van der Waals surface area (Å²) in [6.45, 7) is 4.11. The van der Waals surface area contributed by atoms with Crippen molar-refractivity contribution in [3.05, 3.63) is 47.8 Å². The van der Waals surface area contributed by atoms with Crippen LogP contribution in [-0.2, 0) is 19.7 Å². The molecule has 1 aliphatic heterocycles. The van der Waals surface area contributed by atoms with Gasteiger partial charge in [0.25, 0.3) is 5.91 Å². The number of carbonyl (C=O) groups is 1. The molecule has 0 radical (unpaired) electrons. The van der Waals surface area contributed by atoms with Crippen LogP contribution in [0, 0.1) is 5.82 Å². The molecule has 8 nitrogen and oxygen atoms in total.